The molecule has 3 rings (SSSR count). The Morgan fingerprint density at radius 3 is 2.42 bits per heavy atom. The van der Waals surface area contributed by atoms with Crippen molar-refractivity contribution in [2.75, 3.05) is 31.4 Å². The fraction of sp³-hybridized carbons (Fsp3) is 0.176. The molecule has 24 heavy (non-hydrogen) atoms. The summed E-state index contributed by atoms with van der Waals surface area (Å²) in [6.07, 6.45) is 2.17. The minimum atomic E-state index is 0.153. The first kappa shape index (κ1) is 15.7. The van der Waals surface area contributed by atoms with E-state index in [1.807, 2.05) is 24.3 Å². The van der Waals surface area contributed by atoms with Crippen LogP contribution in [0.1, 0.15) is 11.1 Å². The molecule has 0 bridgehead atoms. The molecule has 0 atom stereocenters. The molecule has 0 aliphatic carbocycles. The van der Waals surface area contributed by atoms with Gasteiger partial charge in [-0.1, -0.05) is 6.07 Å². The second-order valence-corrected chi connectivity index (χ2v) is 5.38. The van der Waals surface area contributed by atoms with Crippen molar-refractivity contribution in [1.29, 1.82) is 0 Å². The van der Waals surface area contributed by atoms with Crippen molar-refractivity contribution in [1.82, 2.24) is 9.97 Å². The average Bonchev–Trinajstić information content (AvgIpc) is 2.59. The molecule has 0 aliphatic rings. The number of methoxy groups -OCH3 is 2. The fourth-order valence-corrected chi connectivity index (χ4v) is 2.69. The van der Waals surface area contributed by atoms with Crippen LogP contribution in [-0.4, -0.2) is 24.2 Å². The lowest BCUT2D eigenvalue weighted by atomic mass is 9.97. The number of rotatable bonds is 4. The number of nitrogens with two attached hydrogens (primary N) is 3. The van der Waals surface area contributed by atoms with Crippen molar-refractivity contribution >= 4 is 28.2 Å². The molecule has 3 aromatic rings. The normalized spacial score (nSPS) is 10.8. The number of hydrogen-bond donors (Lipinski definition) is 3. The van der Waals surface area contributed by atoms with E-state index in [2.05, 4.69) is 9.97 Å². The summed E-state index contributed by atoms with van der Waals surface area (Å²) < 4.78 is 10.7. The summed E-state index contributed by atoms with van der Waals surface area (Å²) in [5.74, 6) is 1.84. The zero-order valence-electron chi connectivity index (χ0n) is 13.5. The molecule has 0 saturated carbocycles. The molecular weight excluding hydrogens is 306 g/mol. The standard InChI is InChI=1S/C17H19N5O2/c1-23-11-3-4-12-9(5-10-8-21-17(20)22-16(10)19)6-14(24-2)15(18)13(12)7-11/h3-4,6-8H,5,18H2,1-2H3,(H4,19,20,21,22). The van der Waals surface area contributed by atoms with Crippen LogP contribution in [0.2, 0.25) is 0 Å². The van der Waals surface area contributed by atoms with Gasteiger partial charge in [-0.15, -0.1) is 0 Å². The molecule has 2 aromatic carbocycles. The second-order valence-electron chi connectivity index (χ2n) is 5.38. The maximum atomic E-state index is 6.22. The summed E-state index contributed by atoms with van der Waals surface area (Å²) in [5, 5.41) is 1.85. The quantitative estimate of drug-likeness (QED) is 0.627. The Bertz CT molecular complexity index is 911. The molecule has 1 heterocycles. The highest BCUT2D eigenvalue weighted by Crippen LogP contribution is 2.36. The molecule has 124 valence electrons. The van der Waals surface area contributed by atoms with Gasteiger partial charge in [-0.2, -0.15) is 4.98 Å². The third-order valence-electron chi connectivity index (χ3n) is 3.95. The van der Waals surface area contributed by atoms with Gasteiger partial charge in [-0.05, 0) is 29.1 Å². The number of nitrogens with zero attached hydrogens (tertiary/aromatic N) is 2. The first-order valence-electron chi connectivity index (χ1n) is 7.33. The molecule has 0 aliphatic heterocycles. The fourth-order valence-electron chi connectivity index (χ4n) is 2.69. The smallest absolute Gasteiger partial charge is 0.221 e. The van der Waals surface area contributed by atoms with Gasteiger partial charge < -0.3 is 26.7 Å². The van der Waals surface area contributed by atoms with E-state index in [1.54, 1.807) is 20.4 Å². The van der Waals surface area contributed by atoms with Crippen molar-refractivity contribution < 1.29 is 9.47 Å². The Balaban J connectivity index is 2.17. The molecule has 0 radical (unpaired) electrons. The lowest BCUT2D eigenvalue weighted by Crippen LogP contribution is -2.05. The van der Waals surface area contributed by atoms with Gasteiger partial charge in [-0.3, -0.25) is 0 Å². The first-order chi connectivity index (χ1) is 11.5. The summed E-state index contributed by atoms with van der Waals surface area (Å²) in [6, 6.07) is 7.65. The van der Waals surface area contributed by atoms with Crippen molar-refractivity contribution in [3.05, 3.63) is 41.6 Å². The molecule has 0 saturated heterocycles. The molecule has 6 N–H and O–H groups in total. The maximum absolute atomic E-state index is 6.22. The minimum Gasteiger partial charge on any atom is -0.497 e. The summed E-state index contributed by atoms with van der Waals surface area (Å²) in [6.45, 7) is 0. The van der Waals surface area contributed by atoms with Gasteiger partial charge in [-0.25, -0.2) is 4.98 Å². The van der Waals surface area contributed by atoms with E-state index in [1.165, 1.54) is 0 Å². The number of anilines is 3. The van der Waals surface area contributed by atoms with E-state index in [0.717, 1.165) is 27.6 Å². The molecule has 0 spiro atoms. The lowest BCUT2D eigenvalue weighted by molar-refractivity contribution is 0.414. The molecule has 0 unspecified atom stereocenters. The lowest BCUT2D eigenvalue weighted by Gasteiger charge is -2.14. The summed E-state index contributed by atoms with van der Waals surface area (Å²) in [5.41, 5.74) is 20.1. The van der Waals surface area contributed by atoms with Crippen LogP contribution in [-0.2, 0) is 6.42 Å². The van der Waals surface area contributed by atoms with Gasteiger partial charge in [0, 0.05) is 23.6 Å². The molecule has 0 amide bonds. The predicted octanol–water partition coefficient (Wildman–Crippen LogP) is 1.98. The summed E-state index contributed by atoms with van der Waals surface area (Å²) in [4.78, 5) is 8.02. The van der Waals surface area contributed by atoms with E-state index in [4.69, 9.17) is 26.7 Å². The van der Waals surface area contributed by atoms with E-state index < -0.39 is 0 Å². The van der Waals surface area contributed by atoms with Crippen LogP contribution in [0.4, 0.5) is 17.5 Å². The largest absolute Gasteiger partial charge is 0.497 e. The number of hydrogen-bond acceptors (Lipinski definition) is 7. The number of aromatic nitrogens is 2. The van der Waals surface area contributed by atoms with Crippen molar-refractivity contribution in [3.8, 4) is 11.5 Å². The summed E-state index contributed by atoms with van der Waals surface area (Å²) >= 11 is 0. The second kappa shape index (κ2) is 6.11. The molecule has 7 heteroatoms. The molecule has 7 nitrogen and oxygen atoms in total. The van der Waals surface area contributed by atoms with Gasteiger partial charge in [0.25, 0.3) is 0 Å². The zero-order chi connectivity index (χ0) is 17.3. The average molecular weight is 325 g/mol. The van der Waals surface area contributed by atoms with Crippen LogP contribution < -0.4 is 26.7 Å². The maximum Gasteiger partial charge on any atom is 0.221 e. The van der Waals surface area contributed by atoms with E-state index in [9.17, 15) is 0 Å². The van der Waals surface area contributed by atoms with Crippen molar-refractivity contribution in [2.45, 2.75) is 6.42 Å². The Morgan fingerprint density at radius 1 is 0.958 bits per heavy atom. The minimum absolute atomic E-state index is 0.153. The third kappa shape index (κ3) is 2.71. The van der Waals surface area contributed by atoms with Crippen LogP contribution in [0.25, 0.3) is 10.8 Å². The van der Waals surface area contributed by atoms with Gasteiger partial charge in [0.15, 0.2) is 0 Å². The predicted molar refractivity (Wildman–Crippen MR) is 95.1 cm³/mol. The van der Waals surface area contributed by atoms with Crippen LogP contribution in [0.5, 0.6) is 11.5 Å². The van der Waals surface area contributed by atoms with Crippen molar-refractivity contribution in [2.24, 2.45) is 0 Å². The van der Waals surface area contributed by atoms with Crippen molar-refractivity contribution in [3.63, 3.8) is 0 Å². The van der Waals surface area contributed by atoms with Crippen LogP contribution in [0, 0.1) is 0 Å². The number of benzene rings is 2. The van der Waals surface area contributed by atoms with Gasteiger partial charge in [0.2, 0.25) is 5.95 Å². The van der Waals surface area contributed by atoms with Gasteiger partial charge >= 0.3 is 0 Å². The Labute approximate surface area is 139 Å². The molecule has 1 aromatic heterocycles. The highest BCUT2D eigenvalue weighted by atomic mass is 16.5. The third-order valence-corrected chi connectivity index (χ3v) is 3.95. The van der Waals surface area contributed by atoms with E-state index >= 15 is 0 Å². The monoisotopic (exact) mass is 325 g/mol. The Hall–Kier alpha value is -3.22. The number of fused-ring (bicyclic) bond motifs is 1. The molecule has 0 fully saturated rings. The summed E-state index contributed by atoms with van der Waals surface area (Å²) in [7, 11) is 3.20. The first-order valence-corrected chi connectivity index (χ1v) is 7.33. The zero-order valence-corrected chi connectivity index (χ0v) is 13.5. The number of ether oxygens (including phenoxy) is 2. The van der Waals surface area contributed by atoms with Gasteiger partial charge in [0.05, 0.1) is 19.9 Å². The van der Waals surface area contributed by atoms with Crippen LogP contribution in [0.3, 0.4) is 0 Å². The Kier molecular flexibility index (Phi) is 3.99. The van der Waals surface area contributed by atoms with Gasteiger partial charge in [0.1, 0.15) is 17.3 Å². The van der Waals surface area contributed by atoms with E-state index in [0.29, 0.717) is 23.7 Å². The van der Waals surface area contributed by atoms with Crippen LogP contribution in [0.15, 0.2) is 30.5 Å². The van der Waals surface area contributed by atoms with E-state index in [-0.39, 0.29) is 5.95 Å². The topological polar surface area (TPSA) is 122 Å². The Morgan fingerprint density at radius 2 is 1.75 bits per heavy atom. The molecular formula is C17H19N5O2. The number of nitrogen functional groups attached to an aromatic ring is 3. The SMILES string of the molecule is COc1ccc2c(Cc3cnc(N)nc3N)cc(OC)c(N)c2c1. The highest BCUT2D eigenvalue weighted by Gasteiger charge is 2.13. The highest BCUT2D eigenvalue weighted by molar-refractivity contribution is 5.99. The van der Waals surface area contributed by atoms with Crippen LogP contribution >= 0.6 is 0 Å².